The summed E-state index contributed by atoms with van der Waals surface area (Å²) in [6.45, 7) is 1.92. The third-order valence-electron chi connectivity index (χ3n) is 2.02. The van der Waals surface area contributed by atoms with Gasteiger partial charge >= 0.3 is 5.97 Å². The number of aromatic carboxylic acids is 1. The van der Waals surface area contributed by atoms with Crippen molar-refractivity contribution in [1.29, 1.82) is 0 Å². The van der Waals surface area contributed by atoms with E-state index in [2.05, 4.69) is 0 Å². The Morgan fingerprint density at radius 2 is 2.14 bits per heavy atom. The molecule has 0 atom stereocenters. The van der Waals surface area contributed by atoms with Gasteiger partial charge in [0.05, 0.1) is 0 Å². The minimum absolute atomic E-state index is 0.00407. The number of nitrogens with zero attached hydrogens (tertiary/aromatic N) is 1. The van der Waals surface area contributed by atoms with E-state index < -0.39 is 5.97 Å². The second-order valence-electron chi connectivity index (χ2n) is 3.20. The Morgan fingerprint density at radius 1 is 1.50 bits per heavy atom. The summed E-state index contributed by atoms with van der Waals surface area (Å²) in [5, 5.41) is 8.76. The van der Waals surface area contributed by atoms with Gasteiger partial charge < -0.3 is 9.67 Å². The molecule has 0 aliphatic heterocycles. The SMILES string of the molecule is CCCC(=O)c1cc(C(=O)O)n(C)c1. The quantitative estimate of drug-likeness (QED) is 0.744. The summed E-state index contributed by atoms with van der Waals surface area (Å²) >= 11 is 0. The first-order valence-electron chi connectivity index (χ1n) is 4.49. The summed E-state index contributed by atoms with van der Waals surface area (Å²) in [7, 11) is 1.62. The average Bonchev–Trinajstić information content (AvgIpc) is 2.48. The van der Waals surface area contributed by atoms with Crippen LogP contribution < -0.4 is 0 Å². The van der Waals surface area contributed by atoms with Crippen LogP contribution >= 0.6 is 0 Å². The summed E-state index contributed by atoms with van der Waals surface area (Å²) in [6.07, 6.45) is 2.79. The second kappa shape index (κ2) is 4.09. The Bertz CT molecular complexity index is 365. The van der Waals surface area contributed by atoms with Crippen molar-refractivity contribution in [3.8, 4) is 0 Å². The molecule has 0 amide bonds. The van der Waals surface area contributed by atoms with Gasteiger partial charge in [0.2, 0.25) is 0 Å². The molecule has 0 radical (unpaired) electrons. The monoisotopic (exact) mass is 195 g/mol. The smallest absolute Gasteiger partial charge is 0.352 e. The van der Waals surface area contributed by atoms with Crippen molar-refractivity contribution in [1.82, 2.24) is 4.57 Å². The van der Waals surface area contributed by atoms with Gasteiger partial charge in [-0.3, -0.25) is 4.79 Å². The van der Waals surface area contributed by atoms with Gasteiger partial charge in [-0.2, -0.15) is 0 Å². The summed E-state index contributed by atoms with van der Waals surface area (Å²) in [4.78, 5) is 22.1. The number of carbonyl (C=O) groups excluding carboxylic acids is 1. The van der Waals surface area contributed by atoms with E-state index in [0.717, 1.165) is 6.42 Å². The third kappa shape index (κ3) is 2.02. The Hall–Kier alpha value is -1.58. The number of hydrogen-bond donors (Lipinski definition) is 1. The summed E-state index contributed by atoms with van der Waals surface area (Å²) in [5.41, 5.74) is 0.621. The van der Waals surface area contributed by atoms with Crippen LogP contribution in [0.15, 0.2) is 12.3 Å². The topological polar surface area (TPSA) is 59.3 Å². The molecule has 1 rings (SSSR count). The normalized spacial score (nSPS) is 10.1. The van der Waals surface area contributed by atoms with Crippen molar-refractivity contribution in [2.24, 2.45) is 7.05 Å². The standard InChI is InChI=1S/C10H13NO3/c1-3-4-9(12)7-5-8(10(13)14)11(2)6-7/h5-6H,3-4H2,1-2H3,(H,13,14). The van der Waals surface area contributed by atoms with Crippen molar-refractivity contribution in [2.75, 3.05) is 0 Å². The third-order valence-corrected chi connectivity index (χ3v) is 2.02. The highest BCUT2D eigenvalue weighted by Crippen LogP contribution is 2.10. The first-order valence-corrected chi connectivity index (χ1v) is 4.49. The lowest BCUT2D eigenvalue weighted by Gasteiger charge is -1.93. The molecule has 1 aromatic heterocycles. The number of hydrogen-bond acceptors (Lipinski definition) is 2. The zero-order valence-electron chi connectivity index (χ0n) is 8.28. The molecule has 1 aromatic rings. The molecule has 0 aliphatic carbocycles. The number of aromatic nitrogens is 1. The minimum Gasteiger partial charge on any atom is -0.477 e. The Kier molecular flexibility index (Phi) is 3.06. The molecule has 0 unspecified atom stereocenters. The fourth-order valence-electron chi connectivity index (χ4n) is 1.30. The Labute approximate surface area is 82.2 Å². The molecule has 0 bridgehead atoms. The molecule has 1 heterocycles. The Morgan fingerprint density at radius 3 is 2.57 bits per heavy atom. The van der Waals surface area contributed by atoms with Gasteiger partial charge in [-0.05, 0) is 12.5 Å². The van der Waals surface area contributed by atoms with Crippen molar-refractivity contribution in [2.45, 2.75) is 19.8 Å². The van der Waals surface area contributed by atoms with E-state index in [9.17, 15) is 9.59 Å². The summed E-state index contributed by atoms with van der Waals surface area (Å²) in [6, 6.07) is 1.42. The van der Waals surface area contributed by atoms with Crippen LogP contribution in [0.1, 0.15) is 40.6 Å². The molecule has 0 saturated heterocycles. The van der Waals surface area contributed by atoms with Gasteiger partial charge in [0.25, 0.3) is 0 Å². The lowest BCUT2D eigenvalue weighted by molar-refractivity contribution is 0.0686. The van der Waals surface area contributed by atoms with E-state index in [1.807, 2.05) is 6.92 Å². The van der Waals surface area contributed by atoms with Crippen LogP contribution in [-0.2, 0) is 7.05 Å². The predicted molar refractivity (Wildman–Crippen MR) is 51.6 cm³/mol. The van der Waals surface area contributed by atoms with Gasteiger partial charge in [-0.15, -0.1) is 0 Å². The fraction of sp³-hybridized carbons (Fsp3) is 0.400. The van der Waals surface area contributed by atoms with Crippen LogP contribution in [-0.4, -0.2) is 21.4 Å². The predicted octanol–water partition coefficient (Wildman–Crippen LogP) is 1.71. The molecule has 76 valence electrons. The minimum atomic E-state index is -1.01. The zero-order valence-corrected chi connectivity index (χ0v) is 8.28. The van der Waals surface area contributed by atoms with Gasteiger partial charge in [-0.25, -0.2) is 4.79 Å². The molecule has 0 spiro atoms. The van der Waals surface area contributed by atoms with Crippen molar-refractivity contribution in [3.63, 3.8) is 0 Å². The van der Waals surface area contributed by atoms with Crippen molar-refractivity contribution < 1.29 is 14.7 Å². The van der Waals surface area contributed by atoms with Gasteiger partial charge in [0, 0.05) is 25.2 Å². The van der Waals surface area contributed by atoms with Gasteiger partial charge in [0.15, 0.2) is 5.78 Å². The number of rotatable bonds is 4. The maximum atomic E-state index is 11.4. The molecule has 14 heavy (non-hydrogen) atoms. The van der Waals surface area contributed by atoms with E-state index in [1.54, 1.807) is 13.2 Å². The molecule has 0 aliphatic rings. The van der Waals surface area contributed by atoms with E-state index in [1.165, 1.54) is 10.6 Å². The number of carboxylic acid groups (broad SMARTS) is 1. The molecular weight excluding hydrogens is 182 g/mol. The van der Waals surface area contributed by atoms with E-state index in [4.69, 9.17) is 5.11 Å². The highest BCUT2D eigenvalue weighted by molar-refractivity contribution is 5.98. The average molecular weight is 195 g/mol. The molecule has 0 saturated carbocycles. The number of carbonyl (C=O) groups is 2. The lowest BCUT2D eigenvalue weighted by Crippen LogP contribution is -2.02. The first kappa shape index (κ1) is 10.5. The molecular formula is C10H13NO3. The second-order valence-corrected chi connectivity index (χ2v) is 3.20. The molecule has 0 aromatic carbocycles. The molecule has 1 N–H and O–H groups in total. The number of ketones is 1. The number of aryl methyl sites for hydroxylation is 1. The van der Waals surface area contributed by atoms with E-state index >= 15 is 0 Å². The zero-order chi connectivity index (χ0) is 10.7. The fourth-order valence-corrected chi connectivity index (χ4v) is 1.30. The van der Waals surface area contributed by atoms with Crippen LogP contribution in [0.2, 0.25) is 0 Å². The van der Waals surface area contributed by atoms with Crippen LogP contribution in [0.5, 0.6) is 0 Å². The number of Topliss-reactive ketones (excluding diaryl/α,β-unsaturated/α-hetero) is 1. The largest absolute Gasteiger partial charge is 0.477 e. The molecule has 4 nitrogen and oxygen atoms in total. The van der Waals surface area contributed by atoms with E-state index in [0.29, 0.717) is 12.0 Å². The highest BCUT2D eigenvalue weighted by Gasteiger charge is 2.13. The molecule has 0 fully saturated rings. The highest BCUT2D eigenvalue weighted by atomic mass is 16.4. The van der Waals surface area contributed by atoms with Crippen LogP contribution in [0, 0.1) is 0 Å². The number of carboxylic acids is 1. The van der Waals surface area contributed by atoms with Gasteiger partial charge in [0.1, 0.15) is 5.69 Å². The maximum absolute atomic E-state index is 11.4. The summed E-state index contributed by atoms with van der Waals surface area (Å²) in [5.74, 6) is -1.02. The van der Waals surface area contributed by atoms with Gasteiger partial charge in [-0.1, -0.05) is 6.92 Å². The van der Waals surface area contributed by atoms with E-state index in [-0.39, 0.29) is 11.5 Å². The molecule has 4 heteroatoms. The Balaban J connectivity index is 2.96. The van der Waals surface area contributed by atoms with Crippen molar-refractivity contribution in [3.05, 3.63) is 23.5 Å². The first-order chi connectivity index (χ1) is 6.56. The lowest BCUT2D eigenvalue weighted by atomic mass is 10.1. The van der Waals surface area contributed by atoms with Crippen molar-refractivity contribution >= 4 is 11.8 Å². The maximum Gasteiger partial charge on any atom is 0.352 e. The summed E-state index contributed by atoms with van der Waals surface area (Å²) < 4.78 is 1.45. The van der Waals surface area contributed by atoms with Crippen LogP contribution in [0.3, 0.4) is 0 Å². The van der Waals surface area contributed by atoms with Crippen LogP contribution in [0.25, 0.3) is 0 Å². The van der Waals surface area contributed by atoms with Crippen LogP contribution in [0.4, 0.5) is 0 Å².